The number of aromatic nitrogens is 1. The van der Waals surface area contributed by atoms with Crippen LogP contribution in [0.15, 0.2) is 17.1 Å². The molecule has 0 saturated carbocycles. The maximum absolute atomic E-state index is 14.1. The van der Waals surface area contributed by atoms with Gasteiger partial charge >= 0.3 is 5.97 Å². The van der Waals surface area contributed by atoms with Crippen molar-refractivity contribution >= 4 is 28.5 Å². The second kappa shape index (κ2) is 6.62. The number of esters is 1. The summed E-state index contributed by atoms with van der Waals surface area (Å²) >= 11 is 5.74. The van der Waals surface area contributed by atoms with Gasteiger partial charge in [0.15, 0.2) is 17.5 Å². The van der Waals surface area contributed by atoms with Crippen LogP contribution >= 0.6 is 11.6 Å². The van der Waals surface area contributed by atoms with Crippen molar-refractivity contribution in [2.45, 2.75) is 19.9 Å². The highest BCUT2D eigenvalue weighted by Gasteiger charge is 2.24. The van der Waals surface area contributed by atoms with Crippen LogP contribution in [0.25, 0.3) is 10.9 Å². The number of ether oxygens (including phenoxy) is 1. The summed E-state index contributed by atoms with van der Waals surface area (Å²) in [5.41, 5.74) is -1.79. The van der Waals surface area contributed by atoms with E-state index in [-0.39, 0.29) is 12.5 Å². The minimum atomic E-state index is -1.70. The molecule has 1 heterocycles. The monoisotopic (exact) mass is 347 g/mol. The third-order valence-electron chi connectivity index (χ3n) is 3.35. The first-order valence-corrected chi connectivity index (χ1v) is 7.32. The molecule has 1 aromatic heterocycles. The Hall–Kier alpha value is -2.02. The molecule has 1 aromatic carbocycles. The number of fused-ring (bicyclic) bond motifs is 1. The number of carbonyl (C=O) groups is 1. The summed E-state index contributed by atoms with van der Waals surface area (Å²) in [5.74, 6) is -5.65. The largest absolute Gasteiger partial charge is 0.462 e. The van der Waals surface area contributed by atoms with Crippen LogP contribution in [0.3, 0.4) is 0 Å². The summed E-state index contributed by atoms with van der Waals surface area (Å²) in [6, 6.07) is -0.0108. The van der Waals surface area contributed by atoms with Crippen LogP contribution in [-0.4, -0.2) is 23.0 Å². The molecule has 0 N–H and O–H groups in total. The van der Waals surface area contributed by atoms with Gasteiger partial charge in [-0.2, -0.15) is 0 Å². The van der Waals surface area contributed by atoms with Gasteiger partial charge in [-0.05, 0) is 19.9 Å². The Morgan fingerprint density at radius 3 is 2.57 bits per heavy atom. The summed E-state index contributed by atoms with van der Waals surface area (Å²) in [5, 5.41) is -0.455. The van der Waals surface area contributed by atoms with Gasteiger partial charge in [0.05, 0.1) is 17.5 Å². The Labute approximate surface area is 134 Å². The van der Waals surface area contributed by atoms with E-state index < -0.39 is 51.4 Å². The van der Waals surface area contributed by atoms with Crippen molar-refractivity contribution in [3.05, 3.63) is 45.5 Å². The maximum Gasteiger partial charge on any atom is 0.343 e. The quantitative estimate of drug-likeness (QED) is 0.484. The van der Waals surface area contributed by atoms with Crippen LogP contribution < -0.4 is 5.43 Å². The molecule has 1 atom stereocenters. The maximum atomic E-state index is 14.1. The molecule has 0 aliphatic carbocycles. The van der Waals surface area contributed by atoms with E-state index in [0.717, 1.165) is 10.8 Å². The zero-order valence-corrected chi connectivity index (χ0v) is 13.1. The van der Waals surface area contributed by atoms with E-state index >= 15 is 0 Å². The van der Waals surface area contributed by atoms with E-state index in [1.807, 2.05) is 0 Å². The lowest BCUT2D eigenvalue weighted by atomic mass is 10.1. The number of rotatable bonds is 4. The lowest BCUT2D eigenvalue weighted by Crippen LogP contribution is -2.23. The number of hydrogen-bond acceptors (Lipinski definition) is 3. The predicted octanol–water partition coefficient (Wildman–Crippen LogP) is 3.40. The average molecular weight is 348 g/mol. The minimum Gasteiger partial charge on any atom is -0.462 e. The van der Waals surface area contributed by atoms with Gasteiger partial charge in [-0.25, -0.2) is 18.0 Å². The number of halogens is 4. The topological polar surface area (TPSA) is 48.3 Å². The summed E-state index contributed by atoms with van der Waals surface area (Å²) < 4.78 is 47.0. The summed E-state index contributed by atoms with van der Waals surface area (Å²) in [6.07, 6.45) is 1.05. The third kappa shape index (κ3) is 2.93. The Bertz CT molecular complexity index is 835. The van der Waals surface area contributed by atoms with Crippen LogP contribution in [0, 0.1) is 17.5 Å². The van der Waals surface area contributed by atoms with Gasteiger partial charge in [-0.3, -0.25) is 4.79 Å². The number of pyridine rings is 1. The molecule has 0 fully saturated rings. The first-order valence-electron chi connectivity index (χ1n) is 6.78. The van der Waals surface area contributed by atoms with E-state index in [2.05, 4.69) is 0 Å². The van der Waals surface area contributed by atoms with Gasteiger partial charge in [0.2, 0.25) is 5.43 Å². The van der Waals surface area contributed by atoms with Gasteiger partial charge in [0, 0.05) is 18.1 Å². The number of benzene rings is 1. The highest BCUT2D eigenvalue weighted by molar-refractivity contribution is 6.18. The fourth-order valence-corrected chi connectivity index (χ4v) is 2.34. The molecule has 0 spiro atoms. The summed E-state index contributed by atoms with van der Waals surface area (Å²) in [4.78, 5) is 24.2. The molecule has 0 aliphatic rings. The van der Waals surface area contributed by atoms with Crippen LogP contribution in [0.2, 0.25) is 0 Å². The van der Waals surface area contributed by atoms with Gasteiger partial charge in [0.1, 0.15) is 5.56 Å². The number of carbonyl (C=O) groups excluding carboxylic acids is 1. The van der Waals surface area contributed by atoms with Crippen LogP contribution in [0.5, 0.6) is 0 Å². The number of alkyl halides is 1. The molecule has 4 nitrogen and oxygen atoms in total. The van der Waals surface area contributed by atoms with E-state index in [4.69, 9.17) is 16.3 Å². The first-order chi connectivity index (χ1) is 10.8. The molecule has 23 heavy (non-hydrogen) atoms. The zero-order valence-electron chi connectivity index (χ0n) is 12.3. The zero-order chi connectivity index (χ0) is 17.3. The Kier molecular flexibility index (Phi) is 4.99. The molecule has 124 valence electrons. The van der Waals surface area contributed by atoms with Gasteiger partial charge < -0.3 is 9.30 Å². The molecule has 1 unspecified atom stereocenters. The lowest BCUT2D eigenvalue weighted by molar-refractivity contribution is 0.0524. The Morgan fingerprint density at radius 1 is 1.35 bits per heavy atom. The van der Waals surface area contributed by atoms with Crippen molar-refractivity contribution in [3.63, 3.8) is 0 Å². The highest BCUT2D eigenvalue weighted by Crippen LogP contribution is 2.25. The lowest BCUT2D eigenvalue weighted by Gasteiger charge is -2.18. The van der Waals surface area contributed by atoms with E-state index in [0.29, 0.717) is 6.07 Å². The molecular weight excluding hydrogens is 335 g/mol. The molecule has 0 amide bonds. The summed E-state index contributed by atoms with van der Waals surface area (Å²) in [6.45, 7) is 3.15. The molecule has 8 heteroatoms. The van der Waals surface area contributed by atoms with Crippen molar-refractivity contribution < 1.29 is 22.7 Å². The highest BCUT2D eigenvalue weighted by atomic mass is 35.5. The van der Waals surface area contributed by atoms with Crippen LogP contribution in [-0.2, 0) is 4.74 Å². The van der Waals surface area contributed by atoms with Gasteiger partial charge in [-0.1, -0.05) is 0 Å². The molecular formula is C15H13ClF3NO3. The van der Waals surface area contributed by atoms with E-state index in [1.165, 1.54) is 0 Å². The fourth-order valence-electron chi connectivity index (χ4n) is 2.19. The predicted molar refractivity (Wildman–Crippen MR) is 79.5 cm³/mol. The van der Waals surface area contributed by atoms with E-state index in [9.17, 15) is 22.8 Å². The molecule has 0 bridgehead atoms. The molecule has 0 aliphatic heterocycles. The first kappa shape index (κ1) is 17.3. The number of nitrogens with zero attached hydrogens (tertiary/aromatic N) is 1. The second-order valence-electron chi connectivity index (χ2n) is 4.89. The Balaban J connectivity index is 2.95. The van der Waals surface area contributed by atoms with Crippen molar-refractivity contribution in [3.8, 4) is 0 Å². The Morgan fingerprint density at radius 2 is 2.00 bits per heavy atom. The van der Waals surface area contributed by atoms with Crippen LogP contribution in [0.4, 0.5) is 13.2 Å². The normalized spacial score (nSPS) is 12.4. The van der Waals surface area contributed by atoms with Crippen molar-refractivity contribution in [1.82, 2.24) is 4.57 Å². The van der Waals surface area contributed by atoms with Crippen LogP contribution in [0.1, 0.15) is 30.2 Å². The van der Waals surface area contributed by atoms with Gasteiger partial charge in [0.25, 0.3) is 0 Å². The number of hydrogen-bond donors (Lipinski definition) is 0. The van der Waals surface area contributed by atoms with Crippen molar-refractivity contribution in [1.29, 1.82) is 0 Å². The summed E-state index contributed by atoms with van der Waals surface area (Å²) in [7, 11) is 0. The second-order valence-corrected chi connectivity index (χ2v) is 5.19. The molecule has 0 saturated heterocycles. The van der Waals surface area contributed by atoms with Gasteiger partial charge in [-0.15, -0.1) is 11.6 Å². The molecule has 2 rings (SSSR count). The smallest absolute Gasteiger partial charge is 0.343 e. The fraction of sp³-hybridized carbons (Fsp3) is 0.333. The average Bonchev–Trinajstić information content (AvgIpc) is 2.53. The molecule has 0 radical (unpaired) electrons. The van der Waals surface area contributed by atoms with E-state index in [1.54, 1.807) is 13.8 Å². The van der Waals surface area contributed by atoms with Crippen molar-refractivity contribution in [2.75, 3.05) is 12.5 Å². The third-order valence-corrected chi connectivity index (χ3v) is 3.79. The standard InChI is InChI=1S/C15H13ClF3NO3/c1-3-23-15(22)9-6-20(7(2)5-16)13-8(14(9)21)4-10(17)11(18)12(13)19/h4,6-7H,3,5H2,1-2H3. The minimum absolute atomic E-state index is 0.00132. The SMILES string of the molecule is CCOC(=O)c1cn(C(C)CCl)c2c(F)c(F)c(F)cc2c1=O. The molecule has 2 aromatic rings. The van der Waals surface area contributed by atoms with Crippen molar-refractivity contribution in [2.24, 2.45) is 0 Å².